The Bertz CT molecular complexity index is 730. The van der Waals surface area contributed by atoms with E-state index in [2.05, 4.69) is 15.4 Å². The van der Waals surface area contributed by atoms with Crippen molar-refractivity contribution >= 4 is 11.9 Å². The molecule has 25 heavy (non-hydrogen) atoms. The van der Waals surface area contributed by atoms with E-state index in [1.807, 2.05) is 24.3 Å². The fourth-order valence-electron chi connectivity index (χ4n) is 3.26. The number of carboxylic acid groups (broad SMARTS) is 1. The Balaban J connectivity index is 1.69. The van der Waals surface area contributed by atoms with Gasteiger partial charge in [0.2, 0.25) is 5.91 Å². The number of carbonyl (C=O) groups excluding carboxylic acids is 1. The lowest BCUT2D eigenvalue weighted by molar-refractivity contribution is -0.138. The number of aromatic nitrogens is 3. The Labute approximate surface area is 144 Å². The molecule has 2 atom stereocenters. The van der Waals surface area contributed by atoms with Crippen molar-refractivity contribution in [2.45, 2.75) is 18.8 Å². The van der Waals surface area contributed by atoms with Gasteiger partial charge in [0.05, 0.1) is 31.8 Å². The third-order valence-electron chi connectivity index (χ3n) is 4.56. The molecule has 1 aromatic heterocycles. The molecule has 1 amide bonds. The number of aliphatic carboxylic acids is 1. The minimum absolute atomic E-state index is 0.00381. The van der Waals surface area contributed by atoms with Gasteiger partial charge in [0, 0.05) is 19.0 Å². The van der Waals surface area contributed by atoms with Gasteiger partial charge in [-0.2, -0.15) is 15.4 Å². The van der Waals surface area contributed by atoms with Gasteiger partial charge in [-0.05, 0) is 23.6 Å². The van der Waals surface area contributed by atoms with E-state index < -0.39 is 5.97 Å². The highest BCUT2D eigenvalue weighted by molar-refractivity contribution is 5.79. The zero-order valence-corrected chi connectivity index (χ0v) is 13.9. The monoisotopic (exact) mass is 344 g/mol. The molecule has 0 radical (unpaired) electrons. The van der Waals surface area contributed by atoms with E-state index in [1.54, 1.807) is 18.2 Å². The Morgan fingerprint density at radius 2 is 2.08 bits per heavy atom. The van der Waals surface area contributed by atoms with Crippen LogP contribution in [0.25, 0.3) is 0 Å². The highest BCUT2D eigenvalue weighted by Gasteiger charge is 2.38. The summed E-state index contributed by atoms with van der Waals surface area (Å²) in [5.74, 6) is -0.434. The quantitative estimate of drug-likeness (QED) is 0.811. The molecule has 1 saturated heterocycles. The number of likely N-dealkylation sites (tertiary alicyclic amines) is 1. The number of hydrogen-bond donors (Lipinski definition) is 2. The predicted octanol–water partition coefficient (Wildman–Crippen LogP) is 1.07. The minimum atomic E-state index is -0.872. The average molecular weight is 344 g/mol. The maximum atomic E-state index is 12.6. The molecule has 132 valence electrons. The van der Waals surface area contributed by atoms with Crippen molar-refractivity contribution in [1.82, 2.24) is 20.3 Å². The van der Waals surface area contributed by atoms with Crippen LogP contribution in [-0.4, -0.2) is 57.5 Å². The predicted molar refractivity (Wildman–Crippen MR) is 88.1 cm³/mol. The molecule has 8 nitrogen and oxygen atoms in total. The molecule has 8 heteroatoms. The summed E-state index contributed by atoms with van der Waals surface area (Å²) in [6.07, 6.45) is 1.87. The number of H-pyrrole nitrogens is 1. The molecule has 1 aliphatic rings. The SMILES string of the molecule is COc1ccc(CC(=O)N2C[C@H](CC(=O)O)[C@H](c3cn[nH]n3)C2)cc1. The van der Waals surface area contributed by atoms with Crippen molar-refractivity contribution in [3.63, 3.8) is 0 Å². The van der Waals surface area contributed by atoms with Gasteiger partial charge in [-0.1, -0.05) is 12.1 Å². The Kier molecular flexibility index (Phi) is 4.97. The summed E-state index contributed by atoms with van der Waals surface area (Å²) in [7, 11) is 1.59. The summed E-state index contributed by atoms with van der Waals surface area (Å²) in [5, 5.41) is 19.6. The lowest BCUT2D eigenvalue weighted by atomic mass is 9.91. The number of methoxy groups -OCH3 is 1. The van der Waals surface area contributed by atoms with Gasteiger partial charge in [0.1, 0.15) is 5.75 Å². The molecule has 3 rings (SSSR count). The van der Waals surface area contributed by atoms with E-state index in [4.69, 9.17) is 9.84 Å². The van der Waals surface area contributed by atoms with Crippen molar-refractivity contribution in [1.29, 1.82) is 0 Å². The van der Waals surface area contributed by atoms with Crippen LogP contribution in [0.2, 0.25) is 0 Å². The second-order valence-electron chi connectivity index (χ2n) is 6.18. The first-order chi connectivity index (χ1) is 12.1. The molecule has 0 aliphatic carbocycles. The first-order valence-electron chi connectivity index (χ1n) is 8.05. The molecular formula is C17H20N4O4. The Hall–Kier alpha value is -2.90. The van der Waals surface area contributed by atoms with Crippen LogP contribution in [-0.2, 0) is 16.0 Å². The zero-order valence-electron chi connectivity index (χ0n) is 13.9. The van der Waals surface area contributed by atoms with Crippen molar-refractivity contribution in [3.05, 3.63) is 41.7 Å². The highest BCUT2D eigenvalue weighted by Crippen LogP contribution is 2.33. The van der Waals surface area contributed by atoms with Crippen LogP contribution in [0, 0.1) is 5.92 Å². The van der Waals surface area contributed by atoms with Gasteiger partial charge in [-0.15, -0.1) is 0 Å². The first kappa shape index (κ1) is 16.9. The fourth-order valence-corrected chi connectivity index (χ4v) is 3.26. The molecule has 2 heterocycles. The molecule has 1 aliphatic heterocycles. The normalized spacial score (nSPS) is 19.8. The van der Waals surface area contributed by atoms with E-state index in [9.17, 15) is 9.59 Å². The van der Waals surface area contributed by atoms with Gasteiger partial charge in [0.15, 0.2) is 0 Å². The van der Waals surface area contributed by atoms with Crippen LogP contribution in [0.3, 0.4) is 0 Å². The smallest absolute Gasteiger partial charge is 0.303 e. The number of hydrogen-bond acceptors (Lipinski definition) is 5. The highest BCUT2D eigenvalue weighted by atomic mass is 16.5. The molecule has 0 spiro atoms. The van der Waals surface area contributed by atoms with E-state index in [-0.39, 0.29) is 30.6 Å². The van der Waals surface area contributed by atoms with E-state index in [0.29, 0.717) is 18.8 Å². The molecule has 1 aromatic carbocycles. The third-order valence-corrected chi connectivity index (χ3v) is 4.56. The number of amides is 1. The van der Waals surface area contributed by atoms with Gasteiger partial charge >= 0.3 is 5.97 Å². The summed E-state index contributed by atoms with van der Waals surface area (Å²) in [4.78, 5) is 25.5. The molecule has 1 fully saturated rings. The van der Waals surface area contributed by atoms with Crippen molar-refractivity contribution in [2.75, 3.05) is 20.2 Å². The second kappa shape index (κ2) is 7.33. The first-order valence-corrected chi connectivity index (χ1v) is 8.05. The van der Waals surface area contributed by atoms with E-state index >= 15 is 0 Å². The molecule has 2 aromatic rings. The van der Waals surface area contributed by atoms with Crippen LogP contribution in [0.1, 0.15) is 23.6 Å². The molecule has 0 unspecified atom stereocenters. The summed E-state index contributed by atoms with van der Waals surface area (Å²) in [5.41, 5.74) is 1.59. The number of ether oxygens (including phenoxy) is 1. The van der Waals surface area contributed by atoms with Crippen molar-refractivity contribution in [2.24, 2.45) is 5.92 Å². The van der Waals surface area contributed by atoms with Crippen LogP contribution >= 0.6 is 0 Å². The summed E-state index contributed by atoms with van der Waals surface area (Å²) < 4.78 is 5.11. The molecule has 2 N–H and O–H groups in total. The second-order valence-corrected chi connectivity index (χ2v) is 6.18. The van der Waals surface area contributed by atoms with Gasteiger partial charge in [0.25, 0.3) is 0 Å². The largest absolute Gasteiger partial charge is 0.497 e. The maximum Gasteiger partial charge on any atom is 0.303 e. The topological polar surface area (TPSA) is 108 Å². The Morgan fingerprint density at radius 3 is 2.68 bits per heavy atom. The van der Waals surface area contributed by atoms with E-state index in [1.165, 1.54) is 0 Å². The van der Waals surface area contributed by atoms with Crippen LogP contribution < -0.4 is 4.74 Å². The fraction of sp³-hybridized carbons (Fsp3) is 0.412. The van der Waals surface area contributed by atoms with Gasteiger partial charge in [-0.3, -0.25) is 9.59 Å². The summed E-state index contributed by atoms with van der Waals surface area (Å²) in [6, 6.07) is 7.35. The molecular weight excluding hydrogens is 324 g/mol. The Morgan fingerprint density at radius 1 is 1.32 bits per heavy atom. The lowest BCUT2D eigenvalue weighted by Crippen LogP contribution is -2.30. The van der Waals surface area contributed by atoms with Crippen molar-refractivity contribution < 1.29 is 19.4 Å². The summed E-state index contributed by atoms with van der Waals surface area (Å²) >= 11 is 0. The summed E-state index contributed by atoms with van der Waals surface area (Å²) in [6.45, 7) is 0.873. The lowest BCUT2D eigenvalue weighted by Gasteiger charge is -2.16. The average Bonchev–Trinajstić information content (AvgIpc) is 3.24. The number of carbonyl (C=O) groups is 2. The standard InChI is InChI=1S/C17H20N4O4/c1-25-13-4-2-11(3-5-13)6-16(22)21-9-12(7-17(23)24)14(10-21)15-8-18-20-19-15/h2-5,8,12,14H,6-7,9-10H2,1H3,(H,23,24)(H,18,19,20)/t12-,14+/m0/s1. The minimum Gasteiger partial charge on any atom is -0.497 e. The molecule has 0 saturated carbocycles. The number of nitrogens with one attached hydrogen (secondary N) is 1. The van der Waals surface area contributed by atoms with Crippen molar-refractivity contribution in [3.8, 4) is 5.75 Å². The van der Waals surface area contributed by atoms with Gasteiger partial charge in [-0.25, -0.2) is 0 Å². The maximum absolute atomic E-state index is 12.6. The molecule has 0 bridgehead atoms. The number of nitrogens with zero attached hydrogens (tertiary/aromatic N) is 3. The van der Waals surface area contributed by atoms with Gasteiger partial charge < -0.3 is 14.7 Å². The van der Waals surface area contributed by atoms with Crippen LogP contribution in [0.4, 0.5) is 0 Å². The van der Waals surface area contributed by atoms with Crippen LogP contribution in [0.15, 0.2) is 30.5 Å². The number of benzene rings is 1. The number of carboxylic acids is 1. The third kappa shape index (κ3) is 3.96. The zero-order chi connectivity index (χ0) is 17.8. The number of rotatable bonds is 6. The number of aromatic amines is 1. The van der Waals surface area contributed by atoms with Crippen LogP contribution in [0.5, 0.6) is 5.75 Å². The van der Waals surface area contributed by atoms with E-state index in [0.717, 1.165) is 11.3 Å².